The summed E-state index contributed by atoms with van der Waals surface area (Å²) in [5.74, 6) is 0. The van der Waals surface area contributed by atoms with Crippen molar-refractivity contribution in [2.45, 2.75) is 26.5 Å². The highest BCUT2D eigenvalue weighted by Gasteiger charge is 2.07. The second kappa shape index (κ2) is 5.55. The zero-order valence-corrected chi connectivity index (χ0v) is 11.6. The van der Waals surface area contributed by atoms with Crippen LogP contribution >= 0.6 is 0 Å². The first-order valence-electron chi connectivity index (χ1n) is 6.47. The normalized spacial score (nSPS) is 12.8. The van der Waals surface area contributed by atoms with Crippen LogP contribution in [0, 0.1) is 6.92 Å². The number of hydrogen-bond acceptors (Lipinski definition) is 3. The molecule has 0 fully saturated rings. The van der Waals surface area contributed by atoms with Gasteiger partial charge in [0.1, 0.15) is 0 Å². The average molecular weight is 260 g/mol. The Labute approximate surface area is 112 Å². The molecule has 1 aromatic carbocycles. The van der Waals surface area contributed by atoms with Crippen LogP contribution in [0.5, 0.6) is 0 Å². The third-order valence-electron chi connectivity index (χ3n) is 3.21. The molecule has 0 aliphatic carbocycles. The molecule has 2 N–H and O–H groups in total. The fourth-order valence-electron chi connectivity index (χ4n) is 2.21. The highest BCUT2D eigenvalue weighted by atomic mass is 16.3. The number of benzene rings is 1. The fourth-order valence-corrected chi connectivity index (χ4v) is 2.21. The Morgan fingerprint density at radius 2 is 2.11 bits per heavy atom. The molecule has 0 saturated heterocycles. The van der Waals surface area contributed by atoms with Crippen LogP contribution in [0.1, 0.15) is 18.1 Å². The average Bonchev–Trinajstić information content (AvgIpc) is 2.34. The molecule has 0 aliphatic heterocycles. The van der Waals surface area contributed by atoms with E-state index in [1.165, 1.54) is 5.56 Å². The van der Waals surface area contributed by atoms with Gasteiger partial charge in [-0.3, -0.25) is 4.79 Å². The van der Waals surface area contributed by atoms with E-state index in [9.17, 15) is 9.90 Å². The van der Waals surface area contributed by atoms with Crippen LogP contribution in [-0.4, -0.2) is 22.3 Å². The number of aliphatic hydroxyl groups excluding tert-OH is 1. The molecule has 1 heterocycles. The molecule has 2 aromatic rings. The first kappa shape index (κ1) is 13.8. The van der Waals surface area contributed by atoms with Crippen molar-refractivity contribution in [2.24, 2.45) is 7.05 Å². The summed E-state index contributed by atoms with van der Waals surface area (Å²) in [6, 6.07) is 7.98. The van der Waals surface area contributed by atoms with E-state index >= 15 is 0 Å². The molecule has 4 nitrogen and oxygen atoms in total. The lowest BCUT2D eigenvalue weighted by atomic mass is 10.1. The molecule has 19 heavy (non-hydrogen) atoms. The molecule has 0 spiro atoms. The van der Waals surface area contributed by atoms with Crippen molar-refractivity contribution < 1.29 is 5.11 Å². The third-order valence-corrected chi connectivity index (χ3v) is 3.21. The van der Waals surface area contributed by atoms with Gasteiger partial charge in [-0.2, -0.15) is 0 Å². The van der Waals surface area contributed by atoms with Crippen molar-refractivity contribution in [3.63, 3.8) is 0 Å². The van der Waals surface area contributed by atoms with Gasteiger partial charge < -0.3 is 15.0 Å². The molecular formula is C15H20N2O2. The van der Waals surface area contributed by atoms with Crippen LogP contribution in [0.3, 0.4) is 0 Å². The van der Waals surface area contributed by atoms with Crippen LogP contribution in [0.15, 0.2) is 29.1 Å². The summed E-state index contributed by atoms with van der Waals surface area (Å²) in [4.78, 5) is 12.2. The van der Waals surface area contributed by atoms with Crippen LogP contribution in [0.4, 0.5) is 0 Å². The van der Waals surface area contributed by atoms with Gasteiger partial charge in [-0.15, -0.1) is 0 Å². The van der Waals surface area contributed by atoms with Gasteiger partial charge in [0.2, 0.25) is 0 Å². The summed E-state index contributed by atoms with van der Waals surface area (Å²) in [6.07, 6.45) is -0.411. The molecule has 0 aliphatic rings. The number of nitrogens with zero attached hydrogens (tertiary/aromatic N) is 1. The van der Waals surface area contributed by atoms with E-state index in [0.29, 0.717) is 13.1 Å². The number of aliphatic hydroxyl groups is 1. The van der Waals surface area contributed by atoms with Gasteiger partial charge in [-0.05, 0) is 37.4 Å². The summed E-state index contributed by atoms with van der Waals surface area (Å²) < 4.78 is 1.67. The van der Waals surface area contributed by atoms with Gasteiger partial charge in [-0.25, -0.2) is 0 Å². The Balaban J connectivity index is 2.39. The predicted molar refractivity (Wildman–Crippen MR) is 77.3 cm³/mol. The summed E-state index contributed by atoms with van der Waals surface area (Å²) in [6.45, 7) is 4.71. The Morgan fingerprint density at radius 1 is 1.37 bits per heavy atom. The number of pyridine rings is 1. The molecule has 0 saturated carbocycles. The van der Waals surface area contributed by atoms with Crippen molar-refractivity contribution in [1.82, 2.24) is 9.88 Å². The molecule has 1 aromatic heterocycles. The maximum absolute atomic E-state index is 12.2. The van der Waals surface area contributed by atoms with E-state index in [-0.39, 0.29) is 5.56 Å². The summed E-state index contributed by atoms with van der Waals surface area (Å²) in [5.41, 5.74) is 2.85. The number of hydrogen-bond donors (Lipinski definition) is 2. The molecule has 0 bridgehead atoms. The number of fused-ring (bicyclic) bond motifs is 1. The minimum Gasteiger partial charge on any atom is -0.392 e. The number of nitrogens with one attached hydrogen (secondary N) is 1. The largest absolute Gasteiger partial charge is 0.392 e. The van der Waals surface area contributed by atoms with Gasteiger partial charge in [0.15, 0.2) is 0 Å². The molecule has 0 radical (unpaired) electrons. The Morgan fingerprint density at radius 3 is 2.79 bits per heavy atom. The first-order valence-corrected chi connectivity index (χ1v) is 6.47. The van der Waals surface area contributed by atoms with Crippen LogP contribution in [0.25, 0.3) is 10.9 Å². The van der Waals surface area contributed by atoms with Crippen LogP contribution in [-0.2, 0) is 13.6 Å². The number of aryl methyl sites for hydroxylation is 2. The second-order valence-electron chi connectivity index (χ2n) is 5.08. The lowest BCUT2D eigenvalue weighted by molar-refractivity contribution is 0.191. The van der Waals surface area contributed by atoms with Gasteiger partial charge in [0.05, 0.1) is 11.6 Å². The van der Waals surface area contributed by atoms with Crippen LogP contribution < -0.4 is 10.9 Å². The smallest absolute Gasteiger partial charge is 0.255 e. The van der Waals surface area contributed by atoms with Gasteiger partial charge in [0, 0.05) is 25.7 Å². The molecular weight excluding hydrogens is 240 g/mol. The van der Waals surface area contributed by atoms with Gasteiger partial charge >= 0.3 is 0 Å². The Bertz CT molecular complexity index is 644. The van der Waals surface area contributed by atoms with Crippen molar-refractivity contribution in [2.75, 3.05) is 6.54 Å². The molecule has 0 amide bonds. The van der Waals surface area contributed by atoms with E-state index in [1.54, 1.807) is 18.5 Å². The molecule has 1 unspecified atom stereocenters. The van der Waals surface area contributed by atoms with E-state index < -0.39 is 6.10 Å². The van der Waals surface area contributed by atoms with Gasteiger partial charge in [0.25, 0.3) is 5.56 Å². The minimum atomic E-state index is -0.411. The first-order chi connectivity index (χ1) is 8.99. The van der Waals surface area contributed by atoms with Crippen molar-refractivity contribution in [1.29, 1.82) is 0 Å². The Hall–Kier alpha value is -1.65. The van der Waals surface area contributed by atoms with Gasteiger partial charge in [-0.1, -0.05) is 11.6 Å². The van der Waals surface area contributed by atoms with E-state index in [1.807, 2.05) is 25.1 Å². The number of aromatic nitrogens is 1. The van der Waals surface area contributed by atoms with E-state index in [4.69, 9.17) is 0 Å². The highest BCUT2D eigenvalue weighted by molar-refractivity contribution is 5.80. The minimum absolute atomic E-state index is 0.00875. The SMILES string of the molecule is Cc1ccc2c(c1)cc(CNCC(C)O)c(=O)n2C. The second-order valence-corrected chi connectivity index (χ2v) is 5.08. The topological polar surface area (TPSA) is 54.3 Å². The third kappa shape index (κ3) is 3.03. The molecule has 102 valence electrons. The zero-order chi connectivity index (χ0) is 14.0. The lowest BCUT2D eigenvalue weighted by Crippen LogP contribution is -2.29. The van der Waals surface area contributed by atoms with Crippen LogP contribution in [0.2, 0.25) is 0 Å². The molecule has 4 heteroatoms. The molecule has 1 atom stereocenters. The maximum atomic E-state index is 12.2. The number of rotatable bonds is 4. The standard InChI is InChI=1S/C15H20N2O2/c1-10-4-5-14-12(6-10)7-13(15(19)17(14)3)9-16-8-11(2)18/h4-7,11,16,18H,8-9H2,1-3H3. The van der Waals surface area contributed by atoms with Crippen molar-refractivity contribution >= 4 is 10.9 Å². The highest BCUT2D eigenvalue weighted by Crippen LogP contribution is 2.14. The van der Waals surface area contributed by atoms with E-state index in [0.717, 1.165) is 16.5 Å². The lowest BCUT2D eigenvalue weighted by Gasteiger charge is -2.11. The summed E-state index contributed by atoms with van der Waals surface area (Å²) in [7, 11) is 1.79. The molecule has 2 rings (SSSR count). The zero-order valence-electron chi connectivity index (χ0n) is 11.6. The maximum Gasteiger partial charge on any atom is 0.255 e. The monoisotopic (exact) mass is 260 g/mol. The van der Waals surface area contributed by atoms with Crippen molar-refractivity contribution in [3.8, 4) is 0 Å². The summed E-state index contributed by atoms with van der Waals surface area (Å²) >= 11 is 0. The predicted octanol–water partition coefficient (Wildman–Crippen LogP) is 1.32. The Kier molecular flexibility index (Phi) is 4.02. The quantitative estimate of drug-likeness (QED) is 0.871. The fraction of sp³-hybridized carbons (Fsp3) is 0.400. The van der Waals surface area contributed by atoms with Crippen molar-refractivity contribution in [3.05, 3.63) is 45.7 Å². The van der Waals surface area contributed by atoms with E-state index in [2.05, 4.69) is 11.4 Å². The summed E-state index contributed by atoms with van der Waals surface area (Å²) in [5, 5.41) is 13.4.